The van der Waals surface area contributed by atoms with Crippen LogP contribution in [0.2, 0.25) is 0 Å². The minimum Gasteiger partial charge on any atom is -0.465 e. The van der Waals surface area contributed by atoms with Gasteiger partial charge in [-0.25, -0.2) is 14.8 Å². The summed E-state index contributed by atoms with van der Waals surface area (Å²) in [5, 5.41) is 3.15. The molecule has 2 heterocycles. The van der Waals surface area contributed by atoms with Crippen LogP contribution in [0.5, 0.6) is 0 Å². The Bertz CT molecular complexity index is 742. The molecule has 1 aliphatic heterocycles. The zero-order valence-corrected chi connectivity index (χ0v) is 14.4. The van der Waals surface area contributed by atoms with Gasteiger partial charge >= 0.3 is 5.97 Å². The summed E-state index contributed by atoms with van der Waals surface area (Å²) in [5.74, 6) is 0.823. The van der Waals surface area contributed by atoms with Crippen LogP contribution in [0.4, 0.5) is 23.0 Å². The second kappa shape index (κ2) is 7.83. The van der Waals surface area contributed by atoms with Crippen LogP contribution >= 0.6 is 0 Å². The number of benzene rings is 1. The molecule has 7 heteroatoms. The first-order valence-corrected chi connectivity index (χ1v) is 8.50. The highest BCUT2D eigenvalue weighted by Crippen LogP contribution is 2.31. The molecule has 0 spiro atoms. The number of hydrogen-bond acceptors (Lipinski definition) is 7. The molecular formula is C18H23N5O2. The van der Waals surface area contributed by atoms with Crippen LogP contribution in [0.3, 0.4) is 0 Å². The van der Waals surface area contributed by atoms with Crippen molar-refractivity contribution in [1.29, 1.82) is 0 Å². The number of anilines is 4. The molecule has 0 radical (unpaired) electrons. The third-order valence-corrected chi connectivity index (χ3v) is 4.35. The molecule has 1 aromatic carbocycles. The molecule has 3 N–H and O–H groups in total. The van der Waals surface area contributed by atoms with Gasteiger partial charge in [-0.2, -0.15) is 0 Å². The van der Waals surface area contributed by atoms with Crippen LogP contribution in [0, 0.1) is 0 Å². The molecule has 0 aliphatic carbocycles. The Labute approximate surface area is 147 Å². The summed E-state index contributed by atoms with van der Waals surface area (Å²) in [7, 11) is 1.36. The lowest BCUT2D eigenvalue weighted by Crippen LogP contribution is -2.26. The third kappa shape index (κ3) is 3.81. The predicted octanol–water partition coefficient (Wildman–Crippen LogP) is 2.97. The second-order valence-electron chi connectivity index (χ2n) is 6.02. The molecule has 1 aliphatic rings. The lowest BCUT2D eigenvalue weighted by Gasteiger charge is -2.23. The minimum absolute atomic E-state index is 0.413. The topological polar surface area (TPSA) is 93.4 Å². The number of esters is 1. The lowest BCUT2D eigenvalue weighted by atomic mass is 10.2. The zero-order chi connectivity index (χ0) is 17.6. The summed E-state index contributed by atoms with van der Waals surface area (Å²) in [6.45, 7) is 1.89. The normalized spacial score (nSPS) is 14.7. The van der Waals surface area contributed by atoms with Crippen molar-refractivity contribution in [2.24, 2.45) is 0 Å². The van der Waals surface area contributed by atoms with Gasteiger partial charge in [0.15, 0.2) is 11.6 Å². The summed E-state index contributed by atoms with van der Waals surface area (Å²) < 4.78 is 4.83. The van der Waals surface area contributed by atoms with Gasteiger partial charge in [-0.15, -0.1) is 0 Å². The van der Waals surface area contributed by atoms with Gasteiger partial charge in [-0.3, -0.25) is 0 Å². The molecule has 0 saturated carbocycles. The van der Waals surface area contributed by atoms with Gasteiger partial charge in [0.2, 0.25) is 0 Å². The molecule has 1 saturated heterocycles. The molecule has 1 fully saturated rings. The number of rotatable bonds is 4. The fourth-order valence-corrected chi connectivity index (χ4v) is 3.03. The Kier molecular flexibility index (Phi) is 5.33. The number of aromatic nitrogens is 2. The number of nitrogens with two attached hydrogens (primary N) is 1. The summed E-state index contributed by atoms with van der Waals surface area (Å²) in [6, 6.07) is 7.10. The van der Waals surface area contributed by atoms with Crippen LogP contribution in [-0.4, -0.2) is 36.1 Å². The van der Waals surface area contributed by atoms with Crippen molar-refractivity contribution in [3.8, 4) is 0 Å². The van der Waals surface area contributed by atoms with Gasteiger partial charge in [-0.1, -0.05) is 25.0 Å². The SMILES string of the molecule is COC(=O)c1ccccc1Nc1ncnc(N2CCCCCC2)c1N. The average molecular weight is 341 g/mol. The highest BCUT2D eigenvalue weighted by Gasteiger charge is 2.18. The number of nitrogens with one attached hydrogen (secondary N) is 1. The number of methoxy groups -OCH3 is 1. The van der Waals surface area contributed by atoms with Crippen molar-refractivity contribution in [1.82, 2.24) is 9.97 Å². The van der Waals surface area contributed by atoms with E-state index < -0.39 is 5.97 Å². The van der Waals surface area contributed by atoms with Crippen molar-refractivity contribution >= 4 is 29.0 Å². The smallest absolute Gasteiger partial charge is 0.339 e. The van der Waals surface area contributed by atoms with Crippen LogP contribution in [0.15, 0.2) is 30.6 Å². The van der Waals surface area contributed by atoms with Crippen LogP contribution in [0.25, 0.3) is 0 Å². The van der Waals surface area contributed by atoms with Gasteiger partial charge < -0.3 is 20.7 Å². The molecule has 0 bridgehead atoms. The first-order chi connectivity index (χ1) is 12.2. The quantitative estimate of drug-likeness (QED) is 0.826. The summed E-state index contributed by atoms with van der Waals surface area (Å²) >= 11 is 0. The number of nitrogen functional groups attached to an aromatic ring is 1. The van der Waals surface area contributed by atoms with Gasteiger partial charge in [0.1, 0.15) is 12.0 Å². The van der Waals surface area contributed by atoms with E-state index in [4.69, 9.17) is 10.5 Å². The van der Waals surface area contributed by atoms with E-state index in [0.717, 1.165) is 31.7 Å². The van der Waals surface area contributed by atoms with E-state index in [1.807, 2.05) is 6.07 Å². The number of carbonyl (C=O) groups is 1. The maximum absolute atomic E-state index is 11.9. The number of nitrogens with zero attached hydrogens (tertiary/aromatic N) is 3. The van der Waals surface area contributed by atoms with Gasteiger partial charge in [0.05, 0.1) is 18.4 Å². The Morgan fingerprint density at radius 1 is 1.16 bits per heavy atom. The maximum atomic E-state index is 11.9. The van der Waals surface area contributed by atoms with E-state index in [-0.39, 0.29) is 0 Å². The Hall–Kier alpha value is -2.83. The standard InChI is InChI=1S/C18H23N5O2/c1-25-18(24)13-8-4-5-9-14(13)22-16-15(19)17(21-12-20-16)23-10-6-2-3-7-11-23/h4-5,8-9,12H,2-3,6-7,10-11,19H2,1H3,(H,20,21,22). The fourth-order valence-electron chi connectivity index (χ4n) is 3.03. The lowest BCUT2D eigenvalue weighted by molar-refractivity contribution is 0.0602. The molecule has 0 atom stereocenters. The maximum Gasteiger partial charge on any atom is 0.339 e. The van der Waals surface area contributed by atoms with Crippen molar-refractivity contribution in [3.63, 3.8) is 0 Å². The van der Waals surface area contributed by atoms with Gasteiger partial charge in [-0.05, 0) is 25.0 Å². The van der Waals surface area contributed by atoms with E-state index in [2.05, 4.69) is 20.2 Å². The highest BCUT2D eigenvalue weighted by molar-refractivity contribution is 5.97. The zero-order valence-electron chi connectivity index (χ0n) is 14.4. The number of ether oxygens (including phenoxy) is 1. The van der Waals surface area contributed by atoms with E-state index in [1.165, 1.54) is 26.3 Å². The van der Waals surface area contributed by atoms with Crippen molar-refractivity contribution in [2.75, 3.05) is 36.1 Å². The van der Waals surface area contributed by atoms with E-state index in [0.29, 0.717) is 22.8 Å². The Balaban J connectivity index is 1.89. The second-order valence-corrected chi connectivity index (χ2v) is 6.02. The Morgan fingerprint density at radius 2 is 1.88 bits per heavy atom. The molecule has 1 aromatic heterocycles. The average Bonchev–Trinajstić information content (AvgIpc) is 2.92. The Morgan fingerprint density at radius 3 is 2.60 bits per heavy atom. The predicted molar refractivity (Wildman–Crippen MR) is 98.2 cm³/mol. The monoisotopic (exact) mass is 341 g/mol. The fraction of sp³-hybridized carbons (Fsp3) is 0.389. The summed E-state index contributed by atoms with van der Waals surface area (Å²) in [4.78, 5) is 22.8. The third-order valence-electron chi connectivity index (χ3n) is 4.35. The van der Waals surface area contributed by atoms with Gasteiger partial charge in [0.25, 0.3) is 0 Å². The molecule has 2 aromatic rings. The molecule has 3 rings (SSSR count). The van der Waals surface area contributed by atoms with Crippen molar-refractivity contribution < 1.29 is 9.53 Å². The largest absolute Gasteiger partial charge is 0.465 e. The van der Waals surface area contributed by atoms with Crippen molar-refractivity contribution in [2.45, 2.75) is 25.7 Å². The van der Waals surface area contributed by atoms with Crippen LogP contribution in [-0.2, 0) is 4.74 Å². The summed E-state index contributed by atoms with van der Waals surface area (Å²) in [6.07, 6.45) is 6.24. The highest BCUT2D eigenvalue weighted by atomic mass is 16.5. The first-order valence-electron chi connectivity index (χ1n) is 8.50. The molecule has 0 unspecified atom stereocenters. The molecule has 7 nitrogen and oxygen atoms in total. The number of para-hydroxylation sites is 1. The van der Waals surface area contributed by atoms with Crippen molar-refractivity contribution in [3.05, 3.63) is 36.2 Å². The van der Waals surface area contributed by atoms with Crippen LogP contribution < -0.4 is 16.0 Å². The molecule has 132 valence electrons. The van der Waals surface area contributed by atoms with Crippen LogP contribution in [0.1, 0.15) is 36.0 Å². The van der Waals surface area contributed by atoms with E-state index in [9.17, 15) is 4.79 Å². The minimum atomic E-state index is -0.413. The first kappa shape index (κ1) is 17.0. The molecule has 25 heavy (non-hydrogen) atoms. The number of hydrogen-bond donors (Lipinski definition) is 2. The molecule has 0 amide bonds. The van der Waals surface area contributed by atoms with E-state index >= 15 is 0 Å². The van der Waals surface area contributed by atoms with E-state index in [1.54, 1.807) is 18.2 Å². The summed E-state index contributed by atoms with van der Waals surface area (Å²) in [5.41, 5.74) is 7.84. The molecular weight excluding hydrogens is 318 g/mol. The number of carbonyl (C=O) groups excluding carboxylic acids is 1. The van der Waals surface area contributed by atoms with Gasteiger partial charge in [0, 0.05) is 13.1 Å².